The number of nitro benzene ring substituents is 1. The van der Waals surface area contributed by atoms with Crippen molar-refractivity contribution in [2.24, 2.45) is 0 Å². The summed E-state index contributed by atoms with van der Waals surface area (Å²) in [6.45, 7) is 0.260. The van der Waals surface area contributed by atoms with Crippen LogP contribution in [-0.4, -0.2) is 27.6 Å². The number of aromatic nitrogens is 1. The van der Waals surface area contributed by atoms with E-state index in [0.29, 0.717) is 0 Å². The van der Waals surface area contributed by atoms with Crippen LogP contribution >= 0.6 is 0 Å². The molecule has 12 heteroatoms. The third-order valence-corrected chi connectivity index (χ3v) is 7.08. The number of nitro groups is 1. The number of hydrogen-bond acceptors (Lipinski definition) is 6. The van der Waals surface area contributed by atoms with E-state index in [1.165, 1.54) is 36.4 Å². The summed E-state index contributed by atoms with van der Waals surface area (Å²) >= 11 is 0. The van der Waals surface area contributed by atoms with Gasteiger partial charge in [0, 0.05) is 47.8 Å². The number of benzene rings is 3. The first-order valence-electron chi connectivity index (χ1n) is 13.7. The highest BCUT2D eigenvalue weighted by molar-refractivity contribution is 6.14. The molecule has 0 bridgehead atoms. The normalized spacial score (nSPS) is 16.5. The largest absolute Gasteiger partial charge is 0.375 e. The molecule has 1 heterocycles. The molecule has 8 nitrogen and oxygen atoms in total. The molecule has 45 heavy (non-hydrogen) atoms. The maximum Gasteiger partial charge on any atom is 0.293 e. The van der Waals surface area contributed by atoms with E-state index in [-0.39, 0.29) is 58.6 Å². The number of carbonyl (C=O) groups excluding carboxylic acids is 2. The topological polar surface area (TPSA) is 114 Å². The van der Waals surface area contributed by atoms with Gasteiger partial charge in [0.2, 0.25) is 0 Å². The average Bonchev–Trinajstić information content (AvgIpc) is 3.02. The first-order chi connectivity index (χ1) is 21.6. The predicted molar refractivity (Wildman–Crippen MR) is 159 cm³/mol. The highest BCUT2D eigenvalue weighted by Crippen LogP contribution is 2.31. The van der Waals surface area contributed by atoms with Crippen LogP contribution in [0, 0.1) is 33.4 Å². The van der Waals surface area contributed by atoms with Crippen molar-refractivity contribution in [2.45, 2.75) is 25.4 Å². The Labute approximate surface area is 254 Å². The smallest absolute Gasteiger partial charge is 0.293 e. The Kier molecular flexibility index (Phi) is 9.12. The lowest BCUT2D eigenvalue weighted by Crippen LogP contribution is -2.39. The molecule has 228 valence electrons. The summed E-state index contributed by atoms with van der Waals surface area (Å²) in [7, 11) is 0. The van der Waals surface area contributed by atoms with E-state index in [2.05, 4.69) is 15.6 Å². The molecule has 1 aliphatic carbocycles. The van der Waals surface area contributed by atoms with E-state index in [0.717, 1.165) is 35.9 Å². The van der Waals surface area contributed by atoms with Crippen molar-refractivity contribution in [3.8, 4) is 0 Å². The fourth-order valence-corrected chi connectivity index (χ4v) is 4.89. The van der Waals surface area contributed by atoms with Gasteiger partial charge in [0.25, 0.3) is 11.6 Å². The van der Waals surface area contributed by atoms with Gasteiger partial charge in [-0.3, -0.25) is 24.7 Å². The van der Waals surface area contributed by atoms with Gasteiger partial charge in [-0.2, -0.15) is 0 Å². The third-order valence-electron chi connectivity index (χ3n) is 7.08. The summed E-state index contributed by atoms with van der Waals surface area (Å²) in [6.07, 6.45) is 5.91. The Bertz CT molecular complexity index is 1790. The molecule has 1 saturated carbocycles. The first kappa shape index (κ1) is 30.8. The van der Waals surface area contributed by atoms with Crippen LogP contribution in [-0.2, 0) is 11.3 Å². The summed E-state index contributed by atoms with van der Waals surface area (Å²) < 4.78 is 54.7. The summed E-state index contributed by atoms with van der Waals surface area (Å²) in [6, 6.07) is 13.0. The Morgan fingerprint density at radius 3 is 2.04 bits per heavy atom. The van der Waals surface area contributed by atoms with E-state index in [9.17, 15) is 37.3 Å². The highest BCUT2D eigenvalue weighted by Gasteiger charge is 2.30. The zero-order valence-electron chi connectivity index (χ0n) is 23.4. The minimum absolute atomic E-state index is 0.00840. The number of halogens is 4. The van der Waals surface area contributed by atoms with Gasteiger partial charge in [0.1, 0.15) is 5.69 Å². The number of amides is 1. The second kappa shape index (κ2) is 13.3. The monoisotopic (exact) mass is 616 g/mol. The molecule has 0 aliphatic heterocycles. The van der Waals surface area contributed by atoms with E-state index in [1.807, 2.05) is 0 Å². The number of pyridine rings is 1. The molecular formula is C33H24F4N4O4. The fourth-order valence-electron chi connectivity index (χ4n) is 4.89. The number of ketones is 1. The second-order valence-corrected chi connectivity index (χ2v) is 10.3. The summed E-state index contributed by atoms with van der Waals surface area (Å²) in [5.41, 5.74) is 1.32. The molecule has 0 radical (unpaired) electrons. The lowest BCUT2D eigenvalue weighted by Gasteiger charge is -2.27. The average molecular weight is 617 g/mol. The molecule has 0 spiro atoms. The number of rotatable bonds is 8. The van der Waals surface area contributed by atoms with Gasteiger partial charge in [-0.1, -0.05) is 18.2 Å². The summed E-state index contributed by atoms with van der Waals surface area (Å²) in [4.78, 5) is 41.9. The van der Waals surface area contributed by atoms with E-state index >= 15 is 0 Å². The van der Waals surface area contributed by atoms with Gasteiger partial charge in [0.05, 0.1) is 4.92 Å². The zero-order chi connectivity index (χ0) is 32.1. The minimum Gasteiger partial charge on any atom is -0.375 e. The summed E-state index contributed by atoms with van der Waals surface area (Å²) in [5, 5.41) is 17.6. The number of carbonyl (C=O) groups is 2. The molecule has 1 fully saturated rings. The van der Waals surface area contributed by atoms with Crippen molar-refractivity contribution in [1.82, 2.24) is 10.3 Å². The van der Waals surface area contributed by atoms with E-state index in [4.69, 9.17) is 0 Å². The molecule has 0 atom stereocenters. The molecule has 1 aromatic heterocycles. The molecule has 2 N–H and O–H groups in total. The maximum absolute atomic E-state index is 13.9. The van der Waals surface area contributed by atoms with Crippen molar-refractivity contribution in [2.75, 3.05) is 5.32 Å². The Morgan fingerprint density at radius 1 is 0.889 bits per heavy atom. The number of Topliss-reactive ketones (excluding diaryl/α,β-unsaturated/α-hetero) is 1. The van der Waals surface area contributed by atoms with Crippen LogP contribution in [0.15, 0.2) is 90.3 Å². The number of anilines is 1. The van der Waals surface area contributed by atoms with Crippen LogP contribution in [0.5, 0.6) is 0 Å². The first-order valence-corrected chi connectivity index (χ1v) is 13.7. The van der Waals surface area contributed by atoms with Crippen molar-refractivity contribution in [3.63, 3.8) is 0 Å². The second-order valence-electron chi connectivity index (χ2n) is 10.3. The zero-order valence-corrected chi connectivity index (χ0v) is 23.4. The lowest BCUT2D eigenvalue weighted by molar-refractivity contribution is -0.384. The van der Waals surface area contributed by atoms with Crippen molar-refractivity contribution >= 4 is 35.2 Å². The highest BCUT2D eigenvalue weighted by atomic mass is 19.2. The molecule has 0 unspecified atom stereocenters. The van der Waals surface area contributed by atoms with Crippen LogP contribution in [0.25, 0.3) is 12.2 Å². The molecule has 5 rings (SSSR count). The van der Waals surface area contributed by atoms with Crippen molar-refractivity contribution in [1.29, 1.82) is 0 Å². The van der Waals surface area contributed by atoms with Gasteiger partial charge < -0.3 is 10.6 Å². The van der Waals surface area contributed by atoms with Gasteiger partial charge in [0.15, 0.2) is 29.1 Å². The quantitative estimate of drug-likeness (QED) is 0.0976. The molecule has 0 saturated heterocycles. The maximum atomic E-state index is 13.9. The van der Waals surface area contributed by atoms with Gasteiger partial charge in [-0.15, -0.1) is 0 Å². The lowest BCUT2D eigenvalue weighted by atomic mass is 9.83. The van der Waals surface area contributed by atoms with Gasteiger partial charge >= 0.3 is 0 Å². The van der Waals surface area contributed by atoms with Crippen LogP contribution in [0.1, 0.15) is 39.9 Å². The Hall–Kier alpha value is -5.65. The Morgan fingerprint density at radius 2 is 1.51 bits per heavy atom. The van der Waals surface area contributed by atoms with E-state index in [1.54, 1.807) is 24.5 Å². The standard InChI is InChI=1S/C33H24F4N4O4/c34-26-6-3-19(12-28(26)36)10-23-14-25(15-24(32(23)42)11-20-4-7-27(35)29(37)13-20)40-33(43)22-5-8-30(31(16-22)41(44)45)39-18-21-2-1-9-38-17-21/h1-13,16-17,25,39H,14-15,18H2,(H,40,43)/b23-10+,24-11+. The number of hydrogen-bond donors (Lipinski definition) is 2. The molecule has 1 aliphatic rings. The molecule has 4 aromatic rings. The van der Waals surface area contributed by atoms with Crippen LogP contribution in [0.4, 0.5) is 28.9 Å². The van der Waals surface area contributed by atoms with Gasteiger partial charge in [-0.25, -0.2) is 17.6 Å². The van der Waals surface area contributed by atoms with Gasteiger partial charge in [-0.05, 0) is 84.1 Å². The fraction of sp³-hybridized carbons (Fsp3) is 0.121. The summed E-state index contributed by atoms with van der Waals surface area (Å²) in [5.74, 6) is -5.50. The molecule has 1 amide bonds. The number of nitrogens with one attached hydrogen (secondary N) is 2. The minimum atomic E-state index is -1.12. The molecular weight excluding hydrogens is 592 g/mol. The SMILES string of the molecule is O=C1/C(=C/c2ccc(F)c(F)c2)CC(NC(=O)c2ccc(NCc3cccnc3)c([N+](=O)[O-])c2)C/C1=C\c1ccc(F)c(F)c1. The van der Waals surface area contributed by atoms with Crippen LogP contribution in [0.2, 0.25) is 0 Å². The predicted octanol–water partition coefficient (Wildman–Crippen LogP) is 6.79. The Balaban J connectivity index is 1.41. The third kappa shape index (κ3) is 7.47. The number of nitrogens with zero attached hydrogens (tertiary/aromatic N) is 2. The van der Waals surface area contributed by atoms with Crippen molar-refractivity contribution in [3.05, 3.63) is 146 Å². The van der Waals surface area contributed by atoms with E-state index < -0.39 is 45.9 Å². The van der Waals surface area contributed by atoms with Crippen LogP contribution < -0.4 is 10.6 Å². The molecule has 3 aromatic carbocycles. The van der Waals surface area contributed by atoms with Crippen LogP contribution in [0.3, 0.4) is 0 Å². The van der Waals surface area contributed by atoms with Crippen molar-refractivity contribution < 1.29 is 32.1 Å².